The van der Waals surface area contributed by atoms with E-state index in [-0.39, 0.29) is 24.4 Å². The van der Waals surface area contributed by atoms with Crippen LogP contribution in [0.1, 0.15) is 0 Å². The summed E-state index contributed by atoms with van der Waals surface area (Å²) in [6.07, 6.45) is 1.41. The number of nitrogens with one attached hydrogen (secondary N) is 2. The summed E-state index contributed by atoms with van der Waals surface area (Å²) in [6.45, 7) is 6.15. The molecular formula is C26H31F2N9O3. The molecule has 0 radical (unpaired) electrons. The molecule has 4 N–H and O–H groups in total. The molecule has 40 heavy (non-hydrogen) atoms. The van der Waals surface area contributed by atoms with E-state index in [0.717, 1.165) is 19.2 Å². The number of nitrogens with two attached hydrogens (primary N) is 1. The lowest BCUT2D eigenvalue weighted by Gasteiger charge is -2.36. The predicted octanol–water partition coefficient (Wildman–Crippen LogP) is 1.85. The molecule has 2 fully saturated rings. The minimum Gasteiger partial charge on any atom is -0.488 e. The fourth-order valence-electron chi connectivity index (χ4n) is 4.85. The summed E-state index contributed by atoms with van der Waals surface area (Å²) >= 11 is 0. The summed E-state index contributed by atoms with van der Waals surface area (Å²) in [7, 11) is 0. The van der Waals surface area contributed by atoms with Gasteiger partial charge in [0, 0.05) is 70.6 Å². The quantitative estimate of drug-likeness (QED) is 0.280. The molecule has 1 unspecified atom stereocenters. The van der Waals surface area contributed by atoms with Gasteiger partial charge in [0.2, 0.25) is 11.9 Å². The van der Waals surface area contributed by atoms with Crippen molar-refractivity contribution < 1.29 is 22.7 Å². The van der Waals surface area contributed by atoms with Crippen LogP contribution in [0.2, 0.25) is 0 Å². The van der Waals surface area contributed by atoms with Gasteiger partial charge in [-0.25, -0.2) is 8.78 Å². The van der Waals surface area contributed by atoms with Crippen molar-refractivity contribution in [3.63, 3.8) is 0 Å². The Labute approximate surface area is 229 Å². The summed E-state index contributed by atoms with van der Waals surface area (Å²) < 4.78 is 47.2. The van der Waals surface area contributed by atoms with Crippen molar-refractivity contribution in [1.82, 2.24) is 29.8 Å². The van der Waals surface area contributed by atoms with Gasteiger partial charge in [-0.05, 0) is 12.1 Å². The highest BCUT2D eigenvalue weighted by Crippen LogP contribution is 2.29. The summed E-state index contributed by atoms with van der Waals surface area (Å²) in [5.74, 6) is -0.0478. The first-order valence-electron chi connectivity index (χ1n) is 13.3. The van der Waals surface area contributed by atoms with E-state index in [0.29, 0.717) is 74.6 Å². The van der Waals surface area contributed by atoms with Gasteiger partial charge in [-0.1, -0.05) is 0 Å². The van der Waals surface area contributed by atoms with Crippen LogP contribution in [-0.2, 0) is 4.74 Å². The maximum Gasteiger partial charge on any atom is 0.228 e. The molecule has 2 aliphatic heterocycles. The van der Waals surface area contributed by atoms with E-state index < -0.39 is 11.6 Å². The van der Waals surface area contributed by atoms with Crippen molar-refractivity contribution in [2.45, 2.75) is 6.10 Å². The standard InChI is InChI=1S/C26H31F2N9O3/c27-18-12-19(28)23(40-16-17-15-30-4-11-38-17)14-21(18)36-8-6-35(7-9-36)5-3-31-26-32-24-13-20(22-2-1-10-39-22)34-37(24)25(29)33-26/h1-2,10,12-14,17,30H,3-9,11,15-16H2,(H3,29,31,32,33). The Kier molecular flexibility index (Phi) is 7.62. The van der Waals surface area contributed by atoms with Crippen LogP contribution in [0.25, 0.3) is 17.1 Å². The Morgan fingerprint density at radius 2 is 2.00 bits per heavy atom. The van der Waals surface area contributed by atoms with Gasteiger partial charge >= 0.3 is 0 Å². The number of nitrogen functional groups attached to an aromatic ring is 1. The van der Waals surface area contributed by atoms with Gasteiger partial charge in [0.15, 0.2) is 23.0 Å². The number of aromatic nitrogens is 4. The Balaban J connectivity index is 1.01. The zero-order valence-electron chi connectivity index (χ0n) is 21.9. The molecule has 1 atom stereocenters. The maximum absolute atomic E-state index is 14.7. The van der Waals surface area contributed by atoms with Crippen molar-refractivity contribution in [3.8, 4) is 17.2 Å². The fraction of sp³-hybridized carbons (Fsp3) is 0.423. The number of ether oxygens (including phenoxy) is 2. The van der Waals surface area contributed by atoms with Crippen LogP contribution >= 0.6 is 0 Å². The Bertz CT molecular complexity index is 1440. The van der Waals surface area contributed by atoms with Gasteiger partial charge in [0.05, 0.1) is 18.6 Å². The number of morpholine rings is 1. The highest BCUT2D eigenvalue weighted by atomic mass is 19.1. The zero-order valence-corrected chi connectivity index (χ0v) is 21.9. The first kappa shape index (κ1) is 26.2. The number of hydrogen-bond donors (Lipinski definition) is 3. The molecular weight excluding hydrogens is 524 g/mol. The lowest BCUT2D eigenvalue weighted by molar-refractivity contribution is -0.000550. The molecule has 0 spiro atoms. The van der Waals surface area contributed by atoms with Gasteiger partial charge in [-0.15, -0.1) is 0 Å². The van der Waals surface area contributed by atoms with Crippen molar-refractivity contribution in [2.24, 2.45) is 0 Å². The smallest absolute Gasteiger partial charge is 0.228 e. The van der Waals surface area contributed by atoms with Crippen LogP contribution in [0.15, 0.2) is 41.0 Å². The predicted molar refractivity (Wildman–Crippen MR) is 145 cm³/mol. The lowest BCUT2D eigenvalue weighted by Crippen LogP contribution is -2.48. The van der Waals surface area contributed by atoms with Gasteiger partial charge in [-0.2, -0.15) is 19.6 Å². The number of hydrogen-bond acceptors (Lipinski definition) is 11. The van der Waals surface area contributed by atoms with E-state index in [2.05, 4.69) is 30.6 Å². The Morgan fingerprint density at radius 3 is 2.77 bits per heavy atom. The molecule has 212 valence electrons. The summed E-state index contributed by atoms with van der Waals surface area (Å²) in [4.78, 5) is 13.0. The topological polar surface area (TPSA) is 131 Å². The van der Waals surface area contributed by atoms with E-state index in [1.54, 1.807) is 18.4 Å². The third-order valence-electron chi connectivity index (χ3n) is 6.98. The second-order valence-corrected chi connectivity index (χ2v) is 9.68. The molecule has 2 saturated heterocycles. The van der Waals surface area contributed by atoms with E-state index in [9.17, 15) is 8.78 Å². The minimum atomic E-state index is -0.719. The molecule has 0 saturated carbocycles. The second-order valence-electron chi connectivity index (χ2n) is 9.68. The number of nitrogens with zero attached hydrogens (tertiary/aromatic N) is 6. The molecule has 0 bridgehead atoms. The molecule has 2 aliphatic rings. The SMILES string of the molecule is Nc1nc(NCCN2CCN(c3cc(OCC4CNCCO4)c(F)cc3F)CC2)nc2cc(-c3ccco3)nn12. The normalized spacial score (nSPS) is 18.4. The van der Waals surface area contributed by atoms with Gasteiger partial charge in [0.1, 0.15) is 24.2 Å². The van der Waals surface area contributed by atoms with Crippen LogP contribution in [0, 0.1) is 11.6 Å². The number of benzene rings is 1. The average molecular weight is 556 g/mol. The third-order valence-corrected chi connectivity index (χ3v) is 6.98. The average Bonchev–Trinajstić information content (AvgIpc) is 3.65. The van der Waals surface area contributed by atoms with Crippen LogP contribution in [0.5, 0.6) is 5.75 Å². The first-order chi connectivity index (χ1) is 19.5. The largest absolute Gasteiger partial charge is 0.488 e. The van der Waals surface area contributed by atoms with Crippen LogP contribution in [0.3, 0.4) is 0 Å². The van der Waals surface area contributed by atoms with E-state index in [1.165, 1.54) is 10.6 Å². The van der Waals surface area contributed by atoms with Crippen molar-refractivity contribution >= 4 is 23.2 Å². The van der Waals surface area contributed by atoms with Crippen LogP contribution < -0.4 is 26.0 Å². The highest BCUT2D eigenvalue weighted by molar-refractivity contribution is 5.61. The Hall–Kier alpha value is -4.01. The molecule has 4 aromatic rings. The Morgan fingerprint density at radius 1 is 1.12 bits per heavy atom. The van der Waals surface area contributed by atoms with E-state index >= 15 is 0 Å². The van der Waals surface area contributed by atoms with Gasteiger partial charge < -0.3 is 35.2 Å². The summed E-state index contributed by atoms with van der Waals surface area (Å²) in [5, 5.41) is 10.8. The maximum atomic E-state index is 14.7. The number of fused-ring (bicyclic) bond motifs is 1. The summed E-state index contributed by atoms with van der Waals surface area (Å²) in [6, 6.07) is 7.72. The highest BCUT2D eigenvalue weighted by Gasteiger charge is 2.23. The molecule has 1 aromatic carbocycles. The van der Waals surface area contributed by atoms with Gasteiger partial charge in [-0.3, -0.25) is 4.90 Å². The zero-order chi connectivity index (χ0) is 27.5. The van der Waals surface area contributed by atoms with Crippen molar-refractivity contribution in [1.29, 1.82) is 0 Å². The molecule has 14 heteroatoms. The number of anilines is 3. The van der Waals surface area contributed by atoms with Crippen molar-refractivity contribution in [2.75, 3.05) is 81.5 Å². The third kappa shape index (κ3) is 5.78. The van der Waals surface area contributed by atoms with Crippen LogP contribution in [0.4, 0.5) is 26.4 Å². The lowest BCUT2D eigenvalue weighted by atomic mass is 10.2. The van der Waals surface area contributed by atoms with E-state index in [4.69, 9.17) is 19.6 Å². The van der Waals surface area contributed by atoms with E-state index in [1.807, 2.05) is 11.0 Å². The molecule has 0 aliphatic carbocycles. The van der Waals surface area contributed by atoms with Gasteiger partial charge in [0.25, 0.3) is 0 Å². The molecule has 5 heterocycles. The number of furan rings is 1. The van der Waals surface area contributed by atoms with Crippen molar-refractivity contribution in [3.05, 3.63) is 48.2 Å². The first-order valence-corrected chi connectivity index (χ1v) is 13.3. The molecule has 3 aromatic heterocycles. The number of halogens is 2. The molecule has 0 amide bonds. The minimum absolute atomic E-state index is 0.0305. The molecule has 6 rings (SSSR count). The summed E-state index contributed by atoms with van der Waals surface area (Å²) in [5.41, 5.74) is 7.60. The van der Waals surface area contributed by atoms with Crippen LogP contribution in [-0.4, -0.2) is 96.2 Å². The number of rotatable bonds is 9. The fourth-order valence-corrected chi connectivity index (χ4v) is 4.85. The second kappa shape index (κ2) is 11.6. The monoisotopic (exact) mass is 555 g/mol. The molecule has 12 nitrogen and oxygen atoms in total. The number of piperazine rings is 1.